The van der Waals surface area contributed by atoms with Crippen molar-refractivity contribution in [2.24, 2.45) is 0 Å². The third kappa shape index (κ3) is 6.49. The lowest BCUT2D eigenvalue weighted by Crippen LogP contribution is -2.42. The fourth-order valence-electron chi connectivity index (χ4n) is 3.88. The van der Waals surface area contributed by atoms with Crippen molar-refractivity contribution in [1.82, 2.24) is 20.4 Å². The van der Waals surface area contributed by atoms with Crippen molar-refractivity contribution in [1.29, 1.82) is 0 Å². The number of piperidine rings is 1. The van der Waals surface area contributed by atoms with Crippen LogP contribution in [-0.2, 0) is 4.79 Å². The van der Waals surface area contributed by atoms with Gasteiger partial charge in [0.1, 0.15) is 5.82 Å². The maximum absolute atomic E-state index is 12.9. The average Bonchev–Trinajstić information content (AvgIpc) is 2.74. The second kappa shape index (κ2) is 11.9. The first kappa shape index (κ1) is 23.3. The van der Waals surface area contributed by atoms with Crippen molar-refractivity contribution in [2.45, 2.75) is 65.8 Å². The van der Waals surface area contributed by atoms with Crippen LogP contribution in [0.4, 0.5) is 0 Å². The molecule has 2 rings (SSSR count). The monoisotopic (exact) mass is 400 g/mol. The van der Waals surface area contributed by atoms with Crippen molar-refractivity contribution >= 4 is 5.91 Å². The smallest absolute Gasteiger partial charge is 0.251 e. The summed E-state index contributed by atoms with van der Waals surface area (Å²) in [5, 5.41) is 6.87. The van der Waals surface area contributed by atoms with Gasteiger partial charge in [0.25, 0.3) is 5.91 Å². The van der Waals surface area contributed by atoms with E-state index in [1.165, 1.54) is 12.1 Å². The number of nitrogens with one attached hydrogen (secondary N) is 2. The van der Waals surface area contributed by atoms with E-state index in [1.807, 2.05) is 11.9 Å². The summed E-state index contributed by atoms with van der Waals surface area (Å²) < 4.78 is 0. The minimum absolute atomic E-state index is 0.198. The SMILES string of the molecule is C/C=C\C(=C/C(C)NC)N(CCCC)C1=C(C)C=C(C(=O)N2CCCCC2)CN1. The zero-order valence-corrected chi connectivity index (χ0v) is 19.1. The van der Waals surface area contributed by atoms with Gasteiger partial charge in [-0.25, -0.2) is 0 Å². The molecule has 2 aliphatic heterocycles. The van der Waals surface area contributed by atoms with E-state index >= 15 is 0 Å². The summed E-state index contributed by atoms with van der Waals surface area (Å²) in [4.78, 5) is 17.3. The average molecular weight is 401 g/mol. The van der Waals surface area contributed by atoms with Crippen LogP contribution < -0.4 is 10.6 Å². The van der Waals surface area contributed by atoms with Crippen LogP contribution in [0.3, 0.4) is 0 Å². The number of likely N-dealkylation sites (N-methyl/N-ethyl adjacent to an activating group) is 1. The van der Waals surface area contributed by atoms with Crippen LogP contribution in [0.1, 0.15) is 59.8 Å². The molecule has 0 radical (unpaired) electrons. The molecule has 5 heteroatoms. The molecule has 0 aromatic rings. The van der Waals surface area contributed by atoms with Gasteiger partial charge in [-0.3, -0.25) is 4.79 Å². The van der Waals surface area contributed by atoms with Gasteiger partial charge >= 0.3 is 0 Å². The number of rotatable bonds is 9. The van der Waals surface area contributed by atoms with E-state index < -0.39 is 0 Å². The summed E-state index contributed by atoms with van der Waals surface area (Å²) in [7, 11) is 1.98. The maximum atomic E-state index is 12.9. The molecular formula is C24H40N4O. The molecule has 1 unspecified atom stereocenters. The Kier molecular flexibility index (Phi) is 9.52. The maximum Gasteiger partial charge on any atom is 0.251 e. The topological polar surface area (TPSA) is 47.6 Å². The molecule has 2 heterocycles. The molecule has 0 bridgehead atoms. The number of hydrogen-bond donors (Lipinski definition) is 2. The van der Waals surface area contributed by atoms with Crippen LogP contribution in [0.15, 0.2) is 47.0 Å². The number of dihydropyridines is 1. The summed E-state index contributed by atoms with van der Waals surface area (Å²) in [6, 6.07) is 0.279. The Morgan fingerprint density at radius 1 is 1.34 bits per heavy atom. The third-order valence-corrected chi connectivity index (χ3v) is 5.66. The first-order valence-electron chi connectivity index (χ1n) is 11.3. The number of hydrogen-bond acceptors (Lipinski definition) is 4. The Hall–Kier alpha value is -2.01. The molecule has 1 fully saturated rings. The Labute approximate surface area is 177 Å². The van der Waals surface area contributed by atoms with Gasteiger partial charge in [-0.05, 0) is 77.3 Å². The third-order valence-electron chi connectivity index (χ3n) is 5.66. The van der Waals surface area contributed by atoms with Crippen molar-refractivity contribution < 1.29 is 4.79 Å². The molecule has 0 aromatic heterocycles. The summed E-state index contributed by atoms with van der Waals surface area (Å²) >= 11 is 0. The summed E-state index contributed by atoms with van der Waals surface area (Å²) in [6.45, 7) is 11.9. The predicted octanol–water partition coefficient (Wildman–Crippen LogP) is 3.93. The zero-order chi connectivity index (χ0) is 21.2. The van der Waals surface area contributed by atoms with Gasteiger partial charge in [0.15, 0.2) is 0 Å². The molecule has 2 N–H and O–H groups in total. The summed E-state index contributed by atoms with van der Waals surface area (Å²) in [5.41, 5.74) is 3.19. The van der Waals surface area contributed by atoms with Crippen LogP contribution in [0.2, 0.25) is 0 Å². The molecule has 1 amide bonds. The number of amides is 1. The fraction of sp³-hybridized carbons (Fsp3) is 0.625. The highest BCUT2D eigenvalue weighted by molar-refractivity contribution is 5.94. The van der Waals surface area contributed by atoms with Crippen LogP contribution in [-0.4, -0.2) is 55.0 Å². The van der Waals surface area contributed by atoms with Gasteiger partial charge in [0, 0.05) is 43.5 Å². The van der Waals surface area contributed by atoms with E-state index in [-0.39, 0.29) is 11.9 Å². The van der Waals surface area contributed by atoms with Gasteiger partial charge in [-0.2, -0.15) is 0 Å². The van der Waals surface area contributed by atoms with Crippen molar-refractivity contribution in [3.8, 4) is 0 Å². The van der Waals surface area contributed by atoms with Crippen molar-refractivity contribution in [3.63, 3.8) is 0 Å². The molecule has 0 spiro atoms. The predicted molar refractivity (Wildman–Crippen MR) is 122 cm³/mol. The molecule has 0 aromatic carbocycles. The number of unbranched alkanes of at least 4 members (excludes halogenated alkanes) is 1. The molecule has 0 aliphatic carbocycles. The number of likely N-dealkylation sites (tertiary alicyclic amines) is 1. The van der Waals surface area contributed by atoms with Gasteiger partial charge in [-0.15, -0.1) is 0 Å². The largest absolute Gasteiger partial charge is 0.367 e. The molecule has 29 heavy (non-hydrogen) atoms. The Morgan fingerprint density at radius 2 is 2.07 bits per heavy atom. The molecule has 5 nitrogen and oxygen atoms in total. The summed E-state index contributed by atoms with van der Waals surface area (Å²) in [5.74, 6) is 1.31. The lowest BCUT2D eigenvalue weighted by atomic mass is 10.0. The standard InChI is InChI=1S/C24H40N4O/c1-6-8-15-28(22(12-7-2)17-20(4)25-5)23-19(3)16-21(18-26-23)24(29)27-13-10-9-11-14-27/h7,12,16-17,20,25-26H,6,8-11,13-15,18H2,1-5H3/b12-7-,22-17+. The Bertz CT molecular complexity index is 668. The van der Waals surface area contributed by atoms with E-state index in [2.05, 4.69) is 67.5 Å². The first-order valence-corrected chi connectivity index (χ1v) is 11.3. The van der Waals surface area contributed by atoms with Crippen molar-refractivity contribution in [3.05, 3.63) is 47.0 Å². The highest BCUT2D eigenvalue weighted by atomic mass is 16.2. The zero-order valence-electron chi connectivity index (χ0n) is 19.1. The normalized spacial score (nSPS) is 19.3. The molecule has 162 valence electrons. The van der Waals surface area contributed by atoms with E-state index in [9.17, 15) is 4.79 Å². The lowest BCUT2D eigenvalue weighted by Gasteiger charge is -2.34. The molecular weight excluding hydrogens is 360 g/mol. The minimum Gasteiger partial charge on any atom is -0.367 e. The number of carbonyl (C=O) groups is 1. The lowest BCUT2D eigenvalue weighted by molar-refractivity contribution is -0.128. The number of allylic oxidation sites excluding steroid dienone is 4. The van der Waals surface area contributed by atoms with E-state index in [0.717, 1.165) is 62.3 Å². The molecule has 1 saturated heterocycles. The second-order valence-electron chi connectivity index (χ2n) is 8.08. The fourth-order valence-corrected chi connectivity index (χ4v) is 3.88. The van der Waals surface area contributed by atoms with Gasteiger partial charge in [-0.1, -0.05) is 19.4 Å². The van der Waals surface area contributed by atoms with E-state index in [4.69, 9.17) is 0 Å². The van der Waals surface area contributed by atoms with E-state index in [0.29, 0.717) is 6.54 Å². The number of nitrogens with zero attached hydrogens (tertiary/aromatic N) is 2. The first-order chi connectivity index (χ1) is 14.0. The van der Waals surface area contributed by atoms with Crippen LogP contribution in [0.5, 0.6) is 0 Å². The minimum atomic E-state index is 0.198. The highest BCUT2D eigenvalue weighted by Crippen LogP contribution is 2.23. The van der Waals surface area contributed by atoms with Gasteiger partial charge in [0.05, 0.1) is 0 Å². The molecule has 0 saturated carbocycles. The highest BCUT2D eigenvalue weighted by Gasteiger charge is 2.25. The Morgan fingerprint density at radius 3 is 2.66 bits per heavy atom. The van der Waals surface area contributed by atoms with Gasteiger partial charge in [0.2, 0.25) is 0 Å². The van der Waals surface area contributed by atoms with E-state index in [1.54, 1.807) is 0 Å². The Balaban J connectivity index is 2.31. The second-order valence-corrected chi connectivity index (χ2v) is 8.08. The quantitative estimate of drug-likeness (QED) is 0.576. The summed E-state index contributed by atoms with van der Waals surface area (Å²) in [6.07, 6.45) is 14.4. The van der Waals surface area contributed by atoms with Crippen LogP contribution >= 0.6 is 0 Å². The van der Waals surface area contributed by atoms with Crippen LogP contribution in [0.25, 0.3) is 0 Å². The number of carbonyl (C=O) groups excluding carboxylic acids is 1. The van der Waals surface area contributed by atoms with Crippen molar-refractivity contribution in [2.75, 3.05) is 33.2 Å². The molecule has 2 aliphatic rings. The van der Waals surface area contributed by atoms with Crippen LogP contribution in [0, 0.1) is 0 Å². The van der Waals surface area contributed by atoms with Gasteiger partial charge < -0.3 is 20.4 Å². The molecule has 1 atom stereocenters.